The van der Waals surface area contributed by atoms with Crippen molar-refractivity contribution in [2.24, 2.45) is 10.4 Å². The Morgan fingerprint density at radius 1 is 1.14 bits per heavy atom. The second-order valence-electron chi connectivity index (χ2n) is 7.81. The van der Waals surface area contributed by atoms with Gasteiger partial charge in [0.1, 0.15) is 0 Å². The van der Waals surface area contributed by atoms with E-state index in [1.165, 1.54) is 30.6 Å². The molecule has 2 aliphatic rings. The highest BCUT2D eigenvalue weighted by molar-refractivity contribution is 6.21. The SMILES string of the molecule is CCOCCC1(CNC(=NC)NCCN2C(=O)c3ccccc3C2=O)CCCC1. The number of imide groups is 1. The Morgan fingerprint density at radius 2 is 1.79 bits per heavy atom. The number of aliphatic imine (C=N–C) groups is 1. The number of nitrogens with zero attached hydrogens (tertiary/aromatic N) is 2. The van der Waals surface area contributed by atoms with Crippen LogP contribution >= 0.6 is 0 Å². The summed E-state index contributed by atoms with van der Waals surface area (Å²) in [6.45, 7) is 5.20. The van der Waals surface area contributed by atoms with Gasteiger partial charge in [0.05, 0.1) is 11.1 Å². The first-order chi connectivity index (χ1) is 14.1. The van der Waals surface area contributed by atoms with E-state index in [1.807, 2.05) is 6.92 Å². The maximum Gasteiger partial charge on any atom is 0.261 e. The van der Waals surface area contributed by atoms with Gasteiger partial charge in [0.15, 0.2) is 5.96 Å². The largest absolute Gasteiger partial charge is 0.382 e. The molecule has 158 valence electrons. The molecule has 3 rings (SSSR count). The third kappa shape index (κ3) is 4.96. The van der Waals surface area contributed by atoms with Crippen LogP contribution in [-0.2, 0) is 4.74 Å². The van der Waals surface area contributed by atoms with Crippen LogP contribution in [0.2, 0.25) is 0 Å². The number of benzene rings is 1. The lowest BCUT2D eigenvalue weighted by atomic mass is 9.83. The van der Waals surface area contributed by atoms with Gasteiger partial charge < -0.3 is 15.4 Å². The summed E-state index contributed by atoms with van der Waals surface area (Å²) < 4.78 is 5.58. The fourth-order valence-corrected chi connectivity index (χ4v) is 4.29. The molecule has 0 radical (unpaired) electrons. The molecule has 1 fully saturated rings. The van der Waals surface area contributed by atoms with Crippen LogP contribution in [0.25, 0.3) is 0 Å². The smallest absolute Gasteiger partial charge is 0.261 e. The molecule has 1 heterocycles. The highest BCUT2D eigenvalue weighted by atomic mass is 16.5. The van der Waals surface area contributed by atoms with Crippen LogP contribution in [-0.4, -0.2) is 62.6 Å². The Kier molecular flexibility index (Phi) is 7.25. The Morgan fingerprint density at radius 3 is 2.38 bits per heavy atom. The van der Waals surface area contributed by atoms with Crippen LogP contribution in [0, 0.1) is 5.41 Å². The first kappa shape index (κ1) is 21.3. The minimum atomic E-state index is -0.226. The summed E-state index contributed by atoms with van der Waals surface area (Å²) in [5, 5.41) is 6.67. The van der Waals surface area contributed by atoms with Gasteiger partial charge in [-0.2, -0.15) is 0 Å². The molecule has 1 aromatic rings. The van der Waals surface area contributed by atoms with E-state index in [4.69, 9.17) is 4.74 Å². The third-order valence-corrected chi connectivity index (χ3v) is 6.01. The number of fused-ring (bicyclic) bond motifs is 1. The maximum absolute atomic E-state index is 12.4. The van der Waals surface area contributed by atoms with Crippen LogP contribution in [0.15, 0.2) is 29.3 Å². The highest BCUT2D eigenvalue weighted by Gasteiger charge is 2.35. The Labute approximate surface area is 172 Å². The molecule has 0 bridgehead atoms. The summed E-state index contributed by atoms with van der Waals surface area (Å²) in [5.74, 6) is 0.247. The van der Waals surface area contributed by atoms with E-state index in [2.05, 4.69) is 15.6 Å². The van der Waals surface area contributed by atoms with Gasteiger partial charge >= 0.3 is 0 Å². The molecule has 1 aliphatic carbocycles. The first-order valence-electron chi connectivity index (χ1n) is 10.6. The number of amides is 2. The van der Waals surface area contributed by atoms with E-state index in [0.29, 0.717) is 30.2 Å². The van der Waals surface area contributed by atoms with Crippen molar-refractivity contribution in [3.05, 3.63) is 35.4 Å². The minimum absolute atomic E-state index is 0.226. The standard InChI is InChI=1S/C22H32N4O3/c1-3-29-15-12-22(10-6-7-11-22)16-25-21(23-2)24-13-14-26-19(27)17-8-4-5-9-18(17)20(26)28/h4-5,8-9H,3,6-7,10-16H2,1-2H3,(H2,23,24,25). The van der Waals surface area contributed by atoms with E-state index < -0.39 is 0 Å². The van der Waals surface area contributed by atoms with Crippen molar-refractivity contribution < 1.29 is 14.3 Å². The van der Waals surface area contributed by atoms with E-state index in [-0.39, 0.29) is 17.2 Å². The molecular formula is C22H32N4O3. The number of ether oxygens (including phenoxy) is 1. The zero-order valence-corrected chi connectivity index (χ0v) is 17.5. The number of nitrogens with one attached hydrogen (secondary N) is 2. The van der Waals surface area contributed by atoms with E-state index >= 15 is 0 Å². The lowest BCUT2D eigenvalue weighted by molar-refractivity contribution is 0.0657. The normalized spacial score (nSPS) is 18.3. The topological polar surface area (TPSA) is 83.0 Å². The molecule has 2 N–H and O–H groups in total. The molecule has 0 spiro atoms. The second-order valence-corrected chi connectivity index (χ2v) is 7.81. The zero-order valence-electron chi connectivity index (χ0n) is 17.5. The first-order valence-corrected chi connectivity index (χ1v) is 10.6. The Balaban J connectivity index is 1.47. The van der Waals surface area contributed by atoms with E-state index in [0.717, 1.165) is 26.2 Å². The molecule has 29 heavy (non-hydrogen) atoms. The van der Waals surface area contributed by atoms with E-state index in [1.54, 1.807) is 31.3 Å². The predicted octanol–water partition coefficient (Wildman–Crippen LogP) is 2.43. The fraction of sp³-hybridized carbons (Fsp3) is 0.591. The second kappa shape index (κ2) is 9.87. The molecule has 0 saturated heterocycles. The lowest BCUT2D eigenvalue weighted by Gasteiger charge is -2.30. The number of hydrogen-bond donors (Lipinski definition) is 2. The van der Waals surface area contributed by atoms with Crippen LogP contribution in [0.1, 0.15) is 59.7 Å². The van der Waals surface area contributed by atoms with Gasteiger partial charge in [-0.25, -0.2) is 0 Å². The van der Waals surface area contributed by atoms with E-state index in [9.17, 15) is 9.59 Å². The monoisotopic (exact) mass is 400 g/mol. The van der Waals surface area contributed by atoms with Crippen molar-refractivity contribution in [2.75, 3.05) is 39.9 Å². The summed E-state index contributed by atoms with van der Waals surface area (Å²) in [4.78, 5) is 30.5. The quantitative estimate of drug-likeness (QED) is 0.288. The molecule has 1 aliphatic heterocycles. The van der Waals surface area contributed by atoms with Crippen molar-refractivity contribution in [3.8, 4) is 0 Å². The van der Waals surface area contributed by atoms with Gasteiger partial charge in [0.2, 0.25) is 0 Å². The average Bonchev–Trinajstić information content (AvgIpc) is 3.30. The maximum atomic E-state index is 12.4. The average molecular weight is 401 g/mol. The van der Waals surface area contributed by atoms with Crippen molar-refractivity contribution in [1.29, 1.82) is 0 Å². The molecule has 7 heteroatoms. The Hall–Kier alpha value is -2.41. The summed E-state index contributed by atoms with van der Waals surface area (Å²) in [7, 11) is 1.73. The summed E-state index contributed by atoms with van der Waals surface area (Å²) >= 11 is 0. The van der Waals surface area contributed by atoms with Crippen molar-refractivity contribution in [1.82, 2.24) is 15.5 Å². The Bertz CT molecular complexity index is 721. The van der Waals surface area contributed by atoms with Gasteiger partial charge in [0.25, 0.3) is 11.8 Å². The fourth-order valence-electron chi connectivity index (χ4n) is 4.29. The minimum Gasteiger partial charge on any atom is -0.382 e. The third-order valence-electron chi connectivity index (χ3n) is 6.01. The zero-order chi connectivity index (χ0) is 20.7. The van der Waals surface area contributed by atoms with Gasteiger partial charge in [-0.3, -0.25) is 19.5 Å². The van der Waals surface area contributed by atoms with Gasteiger partial charge in [0, 0.05) is 39.9 Å². The van der Waals surface area contributed by atoms with Crippen LogP contribution in [0.4, 0.5) is 0 Å². The van der Waals surface area contributed by atoms with Crippen molar-refractivity contribution >= 4 is 17.8 Å². The number of rotatable bonds is 9. The number of hydrogen-bond acceptors (Lipinski definition) is 4. The summed E-state index contributed by atoms with van der Waals surface area (Å²) in [6, 6.07) is 6.96. The van der Waals surface area contributed by atoms with Gasteiger partial charge in [-0.1, -0.05) is 25.0 Å². The lowest BCUT2D eigenvalue weighted by Crippen LogP contribution is -2.46. The van der Waals surface area contributed by atoms with Crippen LogP contribution in [0.3, 0.4) is 0 Å². The van der Waals surface area contributed by atoms with Gasteiger partial charge in [-0.15, -0.1) is 0 Å². The molecule has 1 saturated carbocycles. The predicted molar refractivity (Wildman–Crippen MR) is 113 cm³/mol. The number of carbonyl (C=O) groups is 2. The number of carbonyl (C=O) groups excluding carboxylic acids is 2. The molecule has 0 atom stereocenters. The number of guanidine groups is 1. The van der Waals surface area contributed by atoms with Crippen LogP contribution < -0.4 is 10.6 Å². The molecule has 7 nitrogen and oxygen atoms in total. The molecule has 0 unspecified atom stereocenters. The molecule has 2 amide bonds. The van der Waals surface area contributed by atoms with Crippen LogP contribution in [0.5, 0.6) is 0 Å². The van der Waals surface area contributed by atoms with Gasteiger partial charge in [-0.05, 0) is 43.7 Å². The highest BCUT2D eigenvalue weighted by Crippen LogP contribution is 2.40. The van der Waals surface area contributed by atoms with Crippen molar-refractivity contribution in [2.45, 2.75) is 39.0 Å². The molecule has 0 aromatic heterocycles. The van der Waals surface area contributed by atoms with Crippen molar-refractivity contribution in [3.63, 3.8) is 0 Å². The summed E-state index contributed by atoms with van der Waals surface area (Å²) in [6.07, 6.45) is 6.00. The molecular weight excluding hydrogens is 368 g/mol. The summed E-state index contributed by atoms with van der Waals surface area (Å²) in [5.41, 5.74) is 1.23. The molecule has 1 aromatic carbocycles.